The molecule has 0 radical (unpaired) electrons. The molecule has 0 aliphatic heterocycles. The van der Waals surface area contributed by atoms with Gasteiger partial charge in [-0.1, -0.05) is 13.8 Å². The van der Waals surface area contributed by atoms with E-state index in [2.05, 4.69) is 15.4 Å². The second-order valence-corrected chi connectivity index (χ2v) is 6.27. The first-order valence-electron chi connectivity index (χ1n) is 6.55. The zero-order valence-corrected chi connectivity index (χ0v) is 12.8. The zero-order valence-electron chi connectivity index (χ0n) is 12.0. The van der Waals surface area contributed by atoms with Crippen molar-refractivity contribution < 1.29 is 13.2 Å². The molecule has 1 N–H and O–H groups in total. The number of nitrogens with zero attached hydrogens (tertiary/aromatic N) is 3. The average Bonchev–Trinajstić information content (AvgIpc) is 2.94. The number of aromatic nitrogens is 3. The first-order valence-corrected chi connectivity index (χ1v) is 7.36. The molecule has 0 saturated heterocycles. The number of halogens is 3. The lowest BCUT2D eigenvalue weighted by Gasteiger charge is -2.08. The molecule has 2 heterocycles. The van der Waals surface area contributed by atoms with E-state index in [-0.39, 0.29) is 11.4 Å². The Bertz CT molecular complexity index is 601. The second-order valence-electron chi connectivity index (χ2n) is 5.19. The maximum absolute atomic E-state index is 13.1. The van der Waals surface area contributed by atoms with E-state index in [1.165, 1.54) is 0 Å². The minimum absolute atomic E-state index is 0.164. The molecule has 0 aliphatic rings. The van der Waals surface area contributed by atoms with Gasteiger partial charge in [0.25, 0.3) is 0 Å². The van der Waals surface area contributed by atoms with E-state index in [0.717, 1.165) is 11.3 Å². The van der Waals surface area contributed by atoms with Gasteiger partial charge in [-0.2, -0.15) is 18.3 Å². The van der Waals surface area contributed by atoms with Crippen LogP contribution in [0, 0.1) is 5.92 Å². The van der Waals surface area contributed by atoms with Gasteiger partial charge in [-0.25, -0.2) is 4.98 Å². The number of nitrogens with one attached hydrogen (secondary N) is 1. The molecular formula is C13H17F3N4S. The summed E-state index contributed by atoms with van der Waals surface area (Å²) in [6, 6.07) is 1.66. The Balaban J connectivity index is 2.27. The van der Waals surface area contributed by atoms with Crippen molar-refractivity contribution in [2.75, 3.05) is 6.54 Å². The third kappa shape index (κ3) is 4.04. The fourth-order valence-corrected chi connectivity index (χ4v) is 2.82. The van der Waals surface area contributed by atoms with Crippen molar-refractivity contribution >= 4 is 11.3 Å². The Hall–Kier alpha value is -1.41. The number of rotatable bonds is 5. The first-order chi connectivity index (χ1) is 9.77. The summed E-state index contributed by atoms with van der Waals surface area (Å²) < 4.78 is 40.7. The molecule has 0 aliphatic carbocycles. The molecule has 0 fully saturated rings. The number of aryl methyl sites for hydroxylation is 1. The van der Waals surface area contributed by atoms with Crippen molar-refractivity contribution in [1.29, 1.82) is 0 Å². The van der Waals surface area contributed by atoms with Crippen LogP contribution in [0.25, 0.3) is 10.7 Å². The summed E-state index contributed by atoms with van der Waals surface area (Å²) in [6.07, 6.45) is -2.76. The van der Waals surface area contributed by atoms with E-state index >= 15 is 0 Å². The molecule has 0 aromatic carbocycles. The van der Waals surface area contributed by atoms with Crippen molar-refractivity contribution in [3.05, 3.63) is 22.8 Å². The molecule has 4 nitrogen and oxygen atoms in total. The Morgan fingerprint density at radius 2 is 2.10 bits per heavy atom. The smallest absolute Gasteiger partial charge is 0.312 e. The minimum atomic E-state index is -4.45. The molecule has 2 aromatic rings. The Morgan fingerprint density at radius 3 is 2.62 bits per heavy atom. The maximum Gasteiger partial charge on any atom is 0.434 e. The molecule has 2 aromatic heterocycles. The summed E-state index contributed by atoms with van der Waals surface area (Å²) in [7, 11) is 1.72. The molecule has 2 rings (SSSR count). The highest BCUT2D eigenvalue weighted by atomic mass is 32.1. The molecule has 116 valence electrons. The van der Waals surface area contributed by atoms with Crippen molar-refractivity contribution in [3.63, 3.8) is 0 Å². The molecule has 0 unspecified atom stereocenters. The van der Waals surface area contributed by atoms with Gasteiger partial charge in [0.1, 0.15) is 10.7 Å². The molecule has 0 atom stereocenters. The standard InChI is InChI=1S/C13H17F3N4S/c1-8(2)6-17-7-10-11(13(14,15)16)18-12(21-10)9-4-5-20(3)19-9/h4-5,8,17H,6-7H2,1-3H3. The lowest BCUT2D eigenvalue weighted by Crippen LogP contribution is -2.20. The first kappa shape index (κ1) is 16.0. The molecule has 0 amide bonds. The van der Waals surface area contributed by atoms with Gasteiger partial charge in [-0.3, -0.25) is 4.68 Å². The Kier molecular flexibility index (Phi) is 4.67. The summed E-state index contributed by atoms with van der Waals surface area (Å²) in [5.41, 5.74) is -0.354. The lowest BCUT2D eigenvalue weighted by molar-refractivity contribution is -0.141. The Labute approximate surface area is 125 Å². The second kappa shape index (κ2) is 6.15. The van der Waals surface area contributed by atoms with Crippen LogP contribution in [0.1, 0.15) is 24.4 Å². The van der Waals surface area contributed by atoms with Gasteiger partial charge in [0.15, 0.2) is 5.69 Å². The van der Waals surface area contributed by atoms with Crippen molar-refractivity contribution in [1.82, 2.24) is 20.1 Å². The summed E-state index contributed by atoms with van der Waals surface area (Å²) in [4.78, 5) is 3.94. The fourth-order valence-electron chi connectivity index (χ4n) is 1.81. The highest BCUT2D eigenvalue weighted by molar-refractivity contribution is 7.15. The normalized spacial score (nSPS) is 12.3. The van der Waals surface area contributed by atoms with Crippen LogP contribution >= 0.6 is 11.3 Å². The van der Waals surface area contributed by atoms with Gasteiger partial charge in [-0.15, -0.1) is 11.3 Å². The molecule has 0 saturated carbocycles. The van der Waals surface area contributed by atoms with Gasteiger partial charge in [-0.05, 0) is 18.5 Å². The number of alkyl halides is 3. The van der Waals surface area contributed by atoms with Crippen LogP contribution in [0.5, 0.6) is 0 Å². The zero-order chi connectivity index (χ0) is 15.6. The predicted molar refractivity (Wildman–Crippen MR) is 75.9 cm³/mol. The third-order valence-electron chi connectivity index (χ3n) is 2.74. The van der Waals surface area contributed by atoms with E-state index in [0.29, 0.717) is 23.2 Å². The van der Waals surface area contributed by atoms with Gasteiger partial charge >= 0.3 is 6.18 Å². The van der Waals surface area contributed by atoms with Crippen molar-refractivity contribution in [2.24, 2.45) is 13.0 Å². The summed E-state index contributed by atoms with van der Waals surface area (Å²) >= 11 is 1.04. The Morgan fingerprint density at radius 1 is 1.38 bits per heavy atom. The molecule has 0 bridgehead atoms. The highest BCUT2D eigenvalue weighted by Gasteiger charge is 2.37. The highest BCUT2D eigenvalue weighted by Crippen LogP contribution is 2.37. The summed E-state index contributed by atoms with van der Waals surface area (Å²) in [6.45, 7) is 4.83. The van der Waals surface area contributed by atoms with Gasteiger partial charge in [0, 0.05) is 19.8 Å². The number of hydrogen-bond donors (Lipinski definition) is 1. The van der Waals surface area contributed by atoms with E-state index < -0.39 is 11.9 Å². The van der Waals surface area contributed by atoms with Crippen LogP contribution in [0.2, 0.25) is 0 Å². The van der Waals surface area contributed by atoms with E-state index in [1.807, 2.05) is 13.8 Å². The monoisotopic (exact) mass is 318 g/mol. The van der Waals surface area contributed by atoms with Crippen LogP contribution in [0.3, 0.4) is 0 Å². The average molecular weight is 318 g/mol. The fraction of sp³-hybridized carbons (Fsp3) is 0.538. The lowest BCUT2D eigenvalue weighted by atomic mass is 10.2. The molecule has 0 spiro atoms. The van der Waals surface area contributed by atoms with Crippen LogP contribution in [-0.4, -0.2) is 21.3 Å². The summed E-state index contributed by atoms with van der Waals surface area (Å²) in [5.74, 6) is 0.377. The van der Waals surface area contributed by atoms with E-state index in [1.54, 1.807) is 24.0 Å². The van der Waals surface area contributed by atoms with E-state index in [4.69, 9.17) is 0 Å². The molecule has 21 heavy (non-hydrogen) atoms. The largest absolute Gasteiger partial charge is 0.434 e. The number of thiazole rings is 1. The van der Waals surface area contributed by atoms with Crippen LogP contribution < -0.4 is 5.32 Å². The quantitative estimate of drug-likeness (QED) is 0.920. The van der Waals surface area contributed by atoms with Crippen LogP contribution in [0.15, 0.2) is 12.3 Å². The topological polar surface area (TPSA) is 42.7 Å². The predicted octanol–water partition coefficient (Wildman–Crippen LogP) is 3.31. The van der Waals surface area contributed by atoms with Crippen LogP contribution in [-0.2, 0) is 19.8 Å². The van der Waals surface area contributed by atoms with Gasteiger partial charge in [0.2, 0.25) is 0 Å². The van der Waals surface area contributed by atoms with Crippen molar-refractivity contribution in [3.8, 4) is 10.7 Å². The van der Waals surface area contributed by atoms with E-state index in [9.17, 15) is 13.2 Å². The number of hydrogen-bond acceptors (Lipinski definition) is 4. The maximum atomic E-state index is 13.1. The summed E-state index contributed by atoms with van der Waals surface area (Å²) in [5, 5.41) is 7.43. The SMILES string of the molecule is CC(C)CNCc1sc(-c2ccn(C)n2)nc1C(F)(F)F. The molecule has 8 heteroatoms. The van der Waals surface area contributed by atoms with Crippen molar-refractivity contribution in [2.45, 2.75) is 26.6 Å². The minimum Gasteiger partial charge on any atom is -0.312 e. The molecular weight excluding hydrogens is 301 g/mol. The van der Waals surface area contributed by atoms with Gasteiger partial charge in [0.05, 0.1) is 4.88 Å². The van der Waals surface area contributed by atoms with Crippen LogP contribution in [0.4, 0.5) is 13.2 Å². The van der Waals surface area contributed by atoms with Gasteiger partial charge < -0.3 is 5.32 Å². The third-order valence-corrected chi connectivity index (χ3v) is 3.81.